The van der Waals surface area contributed by atoms with Crippen LogP contribution < -0.4 is 0 Å². The van der Waals surface area contributed by atoms with Crippen LogP contribution >= 0.6 is 11.3 Å². The van der Waals surface area contributed by atoms with E-state index in [0.717, 1.165) is 23.4 Å². The van der Waals surface area contributed by atoms with Gasteiger partial charge in [-0.2, -0.15) is 0 Å². The van der Waals surface area contributed by atoms with Crippen LogP contribution in [0.4, 0.5) is 0 Å². The minimum Gasteiger partial charge on any atom is -0.389 e. The fourth-order valence-electron chi connectivity index (χ4n) is 2.37. The van der Waals surface area contributed by atoms with Crippen LogP contribution in [0.25, 0.3) is 0 Å². The van der Waals surface area contributed by atoms with Crippen molar-refractivity contribution in [2.45, 2.75) is 32.8 Å². The summed E-state index contributed by atoms with van der Waals surface area (Å²) in [5, 5.41) is 9.86. The zero-order valence-electron chi connectivity index (χ0n) is 10.6. The largest absolute Gasteiger partial charge is 0.389 e. The molecule has 94 valence electrons. The van der Waals surface area contributed by atoms with Crippen LogP contribution in [0.1, 0.15) is 33.5 Å². The van der Waals surface area contributed by atoms with Crippen molar-refractivity contribution >= 4 is 17.1 Å². The van der Waals surface area contributed by atoms with E-state index >= 15 is 0 Å². The minimum absolute atomic E-state index is 0.171. The van der Waals surface area contributed by atoms with Crippen molar-refractivity contribution in [3.8, 4) is 0 Å². The van der Waals surface area contributed by atoms with Crippen LogP contribution in [-0.2, 0) is 0 Å². The second-order valence-electron chi connectivity index (χ2n) is 5.21. The first-order valence-corrected chi connectivity index (χ1v) is 6.74. The maximum absolute atomic E-state index is 12.1. The SMILES string of the molecule is Cc1cc(C(=O)CN2CCC(C)(O)C2)c(C)s1. The Labute approximate surface area is 106 Å². The topological polar surface area (TPSA) is 40.5 Å². The van der Waals surface area contributed by atoms with E-state index in [1.807, 2.05) is 31.7 Å². The van der Waals surface area contributed by atoms with E-state index in [0.29, 0.717) is 13.1 Å². The van der Waals surface area contributed by atoms with Gasteiger partial charge in [0.25, 0.3) is 0 Å². The van der Waals surface area contributed by atoms with Crippen molar-refractivity contribution in [3.05, 3.63) is 21.4 Å². The maximum atomic E-state index is 12.1. The molecule has 0 amide bonds. The normalized spacial score (nSPS) is 25.4. The van der Waals surface area contributed by atoms with Crippen LogP contribution in [0.5, 0.6) is 0 Å². The number of β-amino-alcohol motifs (C(OH)–C–C–N with tert-alkyl or cyclic N) is 1. The van der Waals surface area contributed by atoms with E-state index in [-0.39, 0.29) is 5.78 Å². The number of aryl methyl sites for hydroxylation is 2. The molecule has 2 rings (SSSR count). The molecule has 17 heavy (non-hydrogen) atoms. The van der Waals surface area contributed by atoms with Gasteiger partial charge in [-0.15, -0.1) is 11.3 Å². The molecule has 3 nitrogen and oxygen atoms in total. The van der Waals surface area contributed by atoms with E-state index in [4.69, 9.17) is 0 Å². The Hall–Kier alpha value is -0.710. The molecule has 0 aliphatic carbocycles. The molecule has 0 bridgehead atoms. The number of aliphatic hydroxyl groups is 1. The molecule has 1 saturated heterocycles. The third kappa shape index (κ3) is 2.94. The van der Waals surface area contributed by atoms with Gasteiger partial charge < -0.3 is 5.11 Å². The van der Waals surface area contributed by atoms with Crippen molar-refractivity contribution in [2.75, 3.05) is 19.6 Å². The summed E-state index contributed by atoms with van der Waals surface area (Å²) >= 11 is 1.67. The number of hydrogen-bond acceptors (Lipinski definition) is 4. The molecule has 1 aliphatic heterocycles. The molecule has 0 radical (unpaired) electrons. The lowest BCUT2D eigenvalue weighted by molar-refractivity contribution is 0.0669. The number of thiophene rings is 1. The summed E-state index contributed by atoms with van der Waals surface area (Å²) in [6.45, 7) is 7.67. The Balaban J connectivity index is 2.01. The lowest BCUT2D eigenvalue weighted by Gasteiger charge is -2.17. The number of rotatable bonds is 3. The van der Waals surface area contributed by atoms with Gasteiger partial charge in [0.15, 0.2) is 5.78 Å². The Morgan fingerprint density at radius 3 is 2.76 bits per heavy atom. The first-order valence-electron chi connectivity index (χ1n) is 5.92. The monoisotopic (exact) mass is 253 g/mol. The Kier molecular flexibility index (Phi) is 3.39. The van der Waals surface area contributed by atoms with E-state index in [1.54, 1.807) is 11.3 Å². The summed E-state index contributed by atoms with van der Waals surface area (Å²) in [5.74, 6) is 0.171. The summed E-state index contributed by atoms with van der Waals surface area (Å²) in [5.41, 5.74) is 0.221. The van der Waals surface area contributed by atoms with Crippen molar-refractivity contribution < 1.29 is 9.90 Å². The van der Waals surface area contributed by atoms with Crippen LogP contribution in [0, 0.1) is 13.8 Å². The molecule has 2 heterocycles. The number of hydrogen-bond donors (Lipinski definition) is 1. The number of carbonyl (C=O) groups is 1. The van der Waals surface area contributed by atoms with Crippen LogP contribution in [-0.4, -0.2) is 41.0 Å². The van der Waals surface area contributed by atoms with Crippen LogP contribution in [0.3, 0.4) is 0 Å². The Bertz CT molecular complexity index is 437. The third-order valence-corrected chi connectivity index (χ3v) is 4.21. The molecule has 0 spiro atoms. The summed E-state index contributed by atoms with van der Waals surface area (Å²) in [6, 6.07) is 1.97. The lowest BCUT2D eigenvalue weighted by Crippen LogP contribution is -2.33. The van der Waals surface area contributed by atoms with Gasteiger partial charge in [0.2, 0.25) is 0 Å². The molecule has 1 N–H and O–H groups in total. The van der Waals surface area contributed by atoms with Gasteiger partial charge >= 0.3 is 0 Å². The Morgan fingerprint density at radius 1 is 1.59 bits per heavy atom. The van der Waals surface area contributed by atoms with Gasteiger partial charge in [-0.05, 0) is 33.3 Å². The molecule has 4 heteroatoms. The second kappa shape index (κ2) is 4.52. The molecule has 1 aromatic heterocycles. The molecule has 1 unspecified atom stereocenters. The third-order valence-electron chi connectivity index (χ3n) is 3.24. The van der Waals surface area contributed by atoms with Crippen molar-refractivity contribution in [1.82, 2.24) is 4.90 Å². The highest BCUT2D eigenvalue weighted by Gasteiger charge is 2.32. The standard InChI is InChI=1S/C13H19NO2S/c1-9-6-11(10(2)17-9)12(15)7-14-5-4-13(3,16)8-14/h6,16H,4-5,7-8H2,1-3H3. The molecular weight excluding hydrogens is 234 g/mol. The number of likely N-dealkylation sites (tertiary alicyclic amines) is 1. The highest BCUT2D eigenvalue weighted by Crippen LogP contribution is 2.23. The molecule has 0 aromatic carbocycles. The fraction of sp³-hybridized carbons (Fsp3) is 0.615. The molecule has 1 atom stereocenters. The number of ketones is 1. The summed E-state index contributed by atoms with van der Waals surface area (Å²) in [4.78, 5) is 16.4. The molecule has 1 aliphatic rings. The fourth-order valence-corrected chi connectivity index (χ4v) is 3.31. The second-order valence-corrected chi connectivity index (χ2v) is 6.67. The number of nitrogens with zero attached hydrogens (tertiary/aromatic N) is 1. The van der Waals surface area contributed by atoms with Gasteiger partial charge in [-0.3, -0.25) is 9.69 Å². The highest BCUT2D eigenvalue weighted by atomic mass is 32.1. The minimum atomic E-state index is -0.625. The quantitative estimate of drug-likeness (QED) is 0.838. The van der Waals surface area contributed by atoms with Crippen molar-refractivity contribution in [2.24, 2.45) is 0 Å². The van der Waals surface area contributed by atoms with Crippen LogP contribution in [0.2, 0.25) is 0 Å². The number of Topliss-reactive ketones (excluding diaryl/α,β-unsaturated/α-hetero) is 1. The zero-order chi connectivity index (χ0) is 12.6. The van der Waals surface area contributed by atoms with Crippen LogP contribution in [0.15, 0.2) is 6.07 Å². The first-order chi connectivity index (χ1) is 7.87. The molecular formula is C13H19NO2S. The van der Waals surface area contributed by atoms with Gasteiger partial charge in [0.05, 0.1) is 12.1 Å². The van der Waals surface area contributed by atoms with Gasteiger partial charge in [-0.25, -0.2) is 0 Å². The predicted molar refractivity (Wildman–Crippen MR) is 69.8 cm³/mol. The van der Waals surface area contributed by atoms with Gasteiger partial charge in [0.1, 0.15) is 0 Å². The average molecular weight is 253 g/mol. The highest BCUT2D eigenvalue weighted by molar-refractivity contribution is 7.12. The average Bonchev–Trinajstić information content (AvgIpc) is 2.69. The smallest absolute Gasteiger partial charge is 0.177 e. The molecule has 1 aromatic rings. The predicted octanol–water partition coefficient (Wildman–Crippen LogP) is 2.00. The summed E-state index contributed by atoms with van der Waals surface area (Å²) in [6.07, 6.45) is 0.752. The summed E-state index contributed by atoms with van der Waals surface area (Å²) in [7, 11) is 0. The Morgan fingerprint density at radius 2 is 2.29 bits per heavy atom. The van der Waals surface area contributed by atoms with E-state index < -0.39 is 5.60 Å². The summed E-state index contributed by atoms with van der Waals surface area (Å²) < 4.78 is 0. The molecule has 0 saturated carbocycles. The maximum Gasteiger partial charge on any atom is 0.177 e. The van der Waals surface area contributed by atoms with Crippen molar-refractivity contribution in [1.29, 1.82) is 0 Å². The van der Waals surface area contributed by atoms with Gasteiger partial charge in [0, 0.05) is 28.4 Å². The first kappa shape index (κ1) is 12.7. The van der Waals surface area contributed by atoms with Gasteiger partial charge in [-0.1, -0.05) is 0 Å². The van der Waals surface area contributed by atoms with Crippen molar-refractivity contribution in [3.63, 3.8) is 0 Å². The van der Waals surface area contributed by atoms with E-state index in [9.17, 15) is 9.90 Å². The molecule has 1 fully saturated rings. The zero-order valence-corrected chi connectivity index (χ0v) is 11.4. The van der Waals surface area contributed by atoms with E-state index in [2.05, 4.69) is 0 Å². The van der Waals surface area contributed by atoms with E-state index in [1.165, 1.54) is 4.88 Å². The number of carbonyl (C=O) groups excluding carboxylic acids is 1. The lowest BCUT2D eigenvalue weighted by atomic mass is 10.1.